The van der Waals surface area contributed by atoms with Gasteiger partial charge in [-0.25, -0.2) is 0 Å². The summed E-state index contributed by atoms with van der Waals surface area (Å²) in [4.78, 5) is 37.8. The largest absolute Gasteiger partial charge is 0.507 e. The number of ketones is 1. The number of methoxy groups -OCH3 is 1. The Bertz CT molecular complexity index is 1350. The molecule has 1 atom stereocenters. The van der Waals surface area contributed by atoms with E-state index in [4.69, 9.17) is 16.3 Å². The summed E-state index contributed by atoms with van der Waals surface area (Å²) >= 11 is 6.11. The van der Waals surface area contributed by atoms with E-state index in [-0.39, 0.29) is 28.3 Å². The van der Waals surface area contributed by atoms with Crippen LogP contribution >= 0.6 is 11.6 Å². The van der Waals surface area contributed by atoms with Crippen molar-refractivity contribution in [2.24, 2.45) is 0 Å². The van der Waals surface area contributed by atoms with Crippen molar-refractivity contribution in [1.82, 2.24) is 0 Å². The summed E-state index contributed by atoms with van der Waals surface area (Å²) in [5, 5.41) is 32.7. The molecule has 34 heavy (non-hydrogen) atoms. The van der Waals surface area contributed by atoms with Crippen LogP contribution in [0.25, 0.3) is 5.76 Å². The third-order valence-corrected chi connectivity index (χ3v) is 5.64. The number of carbonyl (C=O) groups is 2. The molecule has 1 heterocycles. The van der Waals surface area contributed by atoms with Crippen molar-refractivity contribution in [2.45, 2.75) is 6.04 Å². The molecule has 0 spiro atoms. The first kappa shape index (κ1) is 22.8. The number of amides is 1. The number of ether oxygens (including phenoxy) is 1. The van der Waals surface area contributed by atoms with Crippen LogP contribution in [0.5, 0.6) is 11.5 Å². The number of nitrogens with zero attached hydrogens (tertiary/aromatic N) is 2. The van der Waals surface area contributed by atoms with Crippen LogP contribution in [0.15, 0.2) is 72.3 Å². The molecule has 172 valence electrons. The van der Waals surface area contributed by atoms with E-state index in [2.05, 4.69) is 0 Å². The molecule has 1 amide bonds. The highest BCUT2D eigenvalue weighted by molar-refractivity contribution is 6.51. The molecule has 4 rings (SSSR count). The van der Waals surface area contributed by atoms with Gasteiger partial charge in [-0.1, -0.05) is 23.7 Å². The van der Waals surface area contributed by atoms with Crippen molar-refractivity contribution < 1.29 is 29.5 Å². The quantitative estimate of drug-likeness (QED) is 0.179. The van der Waals surface area contributed by atoms with Crippen molar-refractivity contribution >= 4 is 40.4 Å². The monoisotopic (exact) mass is 480 g/mol. The summed E-state index contributed by atoms with van der Waals surface area (Å²) in [6.45, 7) is 0. The number of Topliss-reactive ketones (excluding diaryl/α,β-unsaturated/α-hetero) is 1. The lowest BCUT2D eigenvalue weighted by Crippen LogP contribution is -2.29. The Labute approximate surface area is 198 Å². The van der Waals surface area contributed by atoms with Gasteiger partial charge in [-0.2, -0.15) is 0 Å². The Kier molecular flexibility index (Phi) is 5.95. The highest BCUT2D eigenvalue weighted by atomic mass is 35.5. The zero-order valence-corrected chi connectivity index (χ0v) is 18.4. The van der Waals surface area contributed by atoms with Gasteiger partial charge in [0.05, 0.1) is 23.6 Å². The average Bonchev–Trinajstić information content (AvgIpc) is 3.09. The fraction of sp³-hybridized carbons (Fsp3) is 0.0833. The van der Waals surface area contributed by atoms with Crippen LogP contribution in [-0.2, 0) is 9.59 Å². The summed E-state index contributed by atoms with van der Waals surface area (Å²) in [6, 6.07) is 14.4. The number of nitro benzene ring substituents is 1. The highest BCUT2D eigenvalue weighted by Gasteiger charge is 2.47. The van der Waals surface area contributed by atoms with E-state index in [9.17, 15) is 29.9 Å². The second-order valence-corrected chi connectivity index (χ2v) is 7.82. The van der Waals surface area contributed by atoms with Crippen LogP contribution < -0.4 is 9.64 Å². The second-order valence-electron chi connectivity index (χ2n) is 7.38. The number of anilines is 1. The van der Waals surface area contributed by atoms with E-state index in [1.54, 1.807) is 24.3 Å². The van der Waals surface area contributed by atoms with E-state index < -0.39 is 28.4 Å². The smallest absolute Gasteiger partial charge is 0.300 e. The number of hydrogen-bond acceptors (Lipinski definition) is 7. The van der Waals surface area contributed by atoms with Crippen LogP contribution in [0.1, 0.15) is 17.2 Å². The van der Waals surface area contributed by atoms with Crippen molar-refractivity contribution in [3.05, 3.63) is 98.6 Å². The first-order valence-corrected chi connectivity index (χ1v) is 10.3. The standard InChI is InChI=1S/C24H17ClN2O7/c1-34-19-10-7-14(11-18(19)28)21-20(22(29)13-5-8-16(9-6-13)27(32)33)23(30)24(31)26(21)17-4-2-3-15(25)12-17/h2-12,21,28-29H,1H3/b22-20-. The topological polar surface area (TPSA) is 130 Å². The van der Waals surface area contributed by atoms with Gasteiger partial charge in [0.25, 0.3) is 17.4 Å². The normalized spacial score (nSPS) is 17.1. The van der Waals surface area contributed by atoms with Crippen LogP contribution in [-0.4, -0.2) is 33.9 Å². The van der Waals surface area contributed by atoms with Gasteiger partial charge in [0, 0.05) is 28.4 Å². The van der Waals surface area contributed by atoms with Crippen LogP contribution in [0.3, 0.4) is 0 Å². The molecule has 0 saturated carbocycles. The van der Waals surface area contributed by atoms with Crippen LogP contribution in [0.2, 0.25) is 5.02 Å². The zero-order chi connectivity index (χ0) is 24.6. The van der Waals surface area contributed by atoms with Crippen molar-refractivity contribution in [3.63, 3.8) is 0 Å². The van der Waals surface area contributed by atoms with Crippen molar-refractivity contribution in [1.29, 1.82) is 0 Å². The SMILES string of the molecule is COc1ccc(C2/C(=C(/O)c3ccc([N+](=O)[O-])cc3)C(=O)C(=O)N2c2cccc(Cl)c2)cc1O. The van der Waals surface area contributed by atoms with Gasteiger partial charge in [-0.15, -0.1) is 0 Å². The molecule has 1 unspecified atom stereocenters. The number of rotatable bonds is 5. The first-order chi connectivity index (χ1) is 16.2. The predicted molar refractivity (Wildman–Crippen MR) is 124 cm³/mol. The van der Waals surface area contributed by atoms with Gasteiger partial charge in [-0.3, -0.25) is 24.6 Å². The molecule has 1 aliphatic heterocycles. The van der Waals surface area contributed by atoms with E-state index >= 15 is 0 Å². The number of aliphatic hydroxyl groups excluding tert-OH is 1. The summed E-state index contributed by atoms with van der Waals surface area (Å²) < 4.78 is 5.07. The second kappa shape index (κ2) is 8.87. The number of carbonyl (C=O) groups excluding carboxylic acids is 2. The Balaban J connectivity index is 1.94. The molecule has 0 radical (unpaired) electrons. The maximum Gasteiger partial charge on any atom is 0.300 e. The minimum absolute atomic E-state index is 0.109. The Morgan fingerprint density at radius 2 is 1.79 bits per heavy atom. The molecule has 1 fully saturated rings. The van der Waals surface area contributed by atoms with Gasteiger partial charge in [0.2, 0.25) is 0 Å². The van der Waals surface area contributed by atoms with Crippen LogP contribution in [0.4, 0.5) is 11.4 Å². The number of phenols is 1. The summed E-state index contributed by atoms with van der Waals surface area (Å²) in [5.41, 5.74) is 0.284. The van der Waals surface area contributed by atoms with Gasteiger partial charge in [-0.05, 0) is 48.0 Å². The van der Waals surface area contributed by atoms with Gasteiger partial charge in [0.1, 0.15) is 5.76 Å². The van der Waals surface area contributed by atoms with E-state index in [0.29, 0.717) is 16.3 Å². The fourth-order valence-corrected chi connectivity index (χ4v) is 4.00. The molecular weight excluding hydrogens is 464 g/mol. The molecular formula is C24H17ClN2O7. The first-order valence-electron chi connectivity index (χ1n) is 9.91. The lowest BCUT2D eigenvalue weighted by molar-refractivity contribution is -0.384. The minimum Gasteiger partial charge on any atom is -0.507 e. The number of hydrogen-bond donors (Lipinski definition) is 2. The number of halogens is 1. The Morgan fingerprint density at radius 1 is 1.09 bits per heavy atom. The van der Waals surface area contributed by atoms with Gasteiger partial charge >= 0.3 is 0 Å². The summed E-state index contributed by atoms with van der Waals surface area (Å²) in [6.07, 6.45) is 0. The minimum atomic E-state index is -1.12. The number of aromatic hydroxyl groups is 1. The fourth-order valence-electron chi connectivity index (χ4n) is 3.81. The summed E-state index contributed by atoms with van der Waals surface area (Å²) in [5.74, 6) is -2.44. The number of aliphatic hydroxyl groups is 1. The van der Waals surface area contributed by atoms with E-state index in [1.807, 2.05) is 0 Å². The maximum absolute atomic E-state index is 13.1. The Hall–Kier alpha value is -4.37. The maximum atomic E-state index is 13.1. The van der Waals surface area contributed by atoms with Crippen molar-refractivity contribution in [2.75, 3.05) is 12.0 Å². The summed E-state index contributed by atoms with van der Waals surface area (Å²) in [7, 11) is 1.38. The Morgan fingerprint density at radius 3 is 2.38 bits per heavy atom. The van der Waals surface area contributed by atoms with E-state index in [1.165, 1.54) is 54.5 Å². The predicted octanol–water partition coefficient (Wildman–Crippen LogP) is 4.59. The lowest BCUT2D eigenvalue weighted by atomic mass is 9.94. The molecule has 1 saturated heterocycles. The lowest BCUT2D eigenvalue weighted by Gasteiger charge is -2.26. The average molecular weight is 481 g/mol. The third-order valence-electron chi connectivity index (χ3n) is 5.40. The third kappa shape index (κ3) is 3.93. The molecule has 1 aliphatic rings. The molecule has 3 aromatic carbocycles. The van der Waals surface area contributed by atoms with Crippen molar-refractivity contribution in [3.8, 4) is 11.5 Å². The molecule has 9 nitrogen and oxygen atoms in total. The van der Waals surface area contributed by atoms with Crippen LogP contribution in [0, 0.1) is 10.1 Å². The highest BCUT2D eigenvalue weighted by Crippen LogP contribution is 2.44. The van der Waals surface area contributed by atoms with E-state index in [0.717, 1.165) is 0 Å². The molecule has 2 N–H and O–H groups in total. The molecule has 3 aromatic rings. The number of nitro groups is 1. The number of phenolic OH excluding ortho intramolecular Hbond substituents is 1. The zero-order valence-electron chi connectivity index (χ0n) is 17.6. The van der Waals surface area contributed by atoms with Gasteiger partial charge in [0.15, 0.2) is 11.5 Å². The van der Waals surface area contributed by atoms with Gasteiger partial charge < -0.3 is 14.9 Å². The number of benzene rings is 3. The molecule has 0 aliphatic carbocycles. The molecule has 0 aromatic heterocycles. The molecule has 10 heteroatoms. The molecule has 0 bridgehead atoms. The number of non-ortho nitro benzene ring substituents is 1.